The van der Waals surface area contributed by atoms with Gasteiger partial charge in [0.1, 0.15) is 5.82 Å². The Kier molecular flexibility index (Phi) is 2.88. The number of halogens is 2. The molecule has 0 atom stereocenters. The van der Waals surface area contributed by atoms with Crippen molar-refractivity contribution >= 4 is 40.3 Å². The number of nitrogens with zero attached hydrogens (tertiary/aromatic N) is 1. The average molecular weight is 296 g/mol. The molecule has 0 saturated heterocycles. The van der Waals surface area contributed by atoms with Crippen LogP contribution in [0, 0.1) is 5.82 Å². The van der Waals surface area contributed by atoms with E-state index in [0.717, 1.165) is 9.78 Å². The van der Waals surface area contributed by atoms with Crippen LogP contribution in [0.2, 0.25) is 4.34 Å². The predicted octanol–water partition coefficient (Wildman–Crippen LogP) is 3.27. The molecule has 0 spiro atoms. The molecule has 0 aliphatic carbocycles. The molecule has 2 heterocycles. The minimum absolute atomic E-state index is 0.0574. The van der Waals surface area contributed by atoms with Gasteiger partial charge in [-0.25, -0.2) is 4.39 Å². The molecule has 6 heteroatoms. The highest BCUT2D eigenvalue weighted by Gasteiger charge is 2.37. The van der Waals surface area contributed by atoms with Crippen LogP contribution in [0.25, 0.3) is 0 Å². The van der Waals surface area contributed by atoms with Gasteiger partial charge in [-0.3, -0.25) is 14.5 Å². The molecule has 1 aromatic carbocycles. The van der Waals surface area contributed by atoms with Crippen LogP contribution >= 0.6 is 22.9 Å². The largest absolute Gasteiger partial charge is 0.299 e. The third-order valence-corrected chi connectivity index (χ3v) is 4.10. The summed E-state index contributed by atoms with van der Waals surface area (Å²) in [5.41, 5.74) is 0.176. The Labute approximate surface area is 117 Å². The zero-order valence-electron chi connectivity index (χ0n) is 9.52. The fourth-order valence-electron chi connectivity index (χ4n) is 2.06. The first-order valence-electron chi connectivity index (χ1n) is 5.47. The molecular weight excluding hydrogens is 289 g/mol. The predicted molar refractivity (Wildman–Crippen MR) is 71.2 cm³/mol. The van der Waals surface area contributed by atoms with Gasteiger partial charge in [0, 0.05) is 4.88 Å². The van der Waals surface area contributed by atoms with Crippen molar-refractivity contribution in [2.45, 2.75) is 6.54 Å². The van der Waals surface area contributed by atoms with Crippen LogP contribution in [0.3, 0.4) is 0 Å². The van der Waals surface area contributed by atoms with Crippen LogP contribution in [0.4, 0.5) is 10.1 Å². The molecule has 3 nitrogen and oxygen atoms in total. The lowest BCUT2D eigenvalue weighted by atomic mass is 10.1. The summed E-state index contributed by atoms with van der Waals surface area (Å²) >= 11 is 7.11. The van der Waals surface area contributed by atoms with Crippen LogP contribution in [0.5, 0.6) is 0 Å². The molecule has 1 aliphatic heterocycles. The van der Waals surface area contributed by atoms with E-state index < -0.39 is 17.5 Å². The number of para-hydroxylation sites is 1. The molecule has 1 aromatic heterocycles. The smallest absolute Gasteiger partial charge is 0.297 e. The highest BCUT2D eigenvalue weighted by Crippen LogP contribution is 2.34. The Hall–Kier alpha value is -1.72. The van der Waals surface area contributed by atoms with Crippen LogP contribution in [-0.2, 0) is 11.3 Å². The summed E-state index contributed by atoms with van der Waals surface area (Å²) in [6.45, 7) is 0.149. The van der Waals surface area contributed by atoms with E-state index in [-0.39, 0.29) is 17.8 Å². The minimum Gasteiger partial charge on any atom is -0.297 e. The van der Waals surface area contributed by atoms with Crippen molar-refractivity contribution in [3.8, 4) is 0 Å². The minimum atomic E-state index is -0.704. The second kappa shape index (κ2) is 4.43. The lowest BCUT2D eigenvalue weighted by Gasteiger charge is -2.15. The summed E-state index contributed by atoms with van der Waals surface area (Å²) in [5, 5.41) is 0. The fourth-order valence-corrected chi connectivity index (χ4v) is 3.13. The van der Waals surface area contributed by atoms with E-state index in [1.54, 1.807) is 12.1 Å². The summed E-state index contributed by atoms with van der Waals surface area (Å²) in [5.74, 6) is -1.94. The van der Waals surface area contributed by atoms with Gasteiger partial charge in [0.15, 0.2) is 0 Å². The normalized spacial score (nSPS) is 14.1. The van der Waals surface area contributed by atoms with Crippen LogP contribution in [-0.4, -0.2) is 11.7 Å². The van der Waals surface area contributed by atoms with Gasteiger partial charge >= 0.3 is 0 Å². The first-order valence-corrected chi connectivity index (χ1v) is 6.66. The number of rotatable bonds is 2. The molecule has 0 saturated carbocycles. The van der Waals surface area contributed by atoms with Gasteiger partial charge < -0.3 is 0 Å². The Morgan fingerprint density at radius 1 is 1.21 bits per heavy atom. The summed E-state index contributed by atoms with van der Waals surface area (Å²) in [7, 11) is 0. The molecule has 3 rings (SSSR count). The van der Waals surface area contributed by atoms with E-state index in [2.05, 4.69) is 0 Å². The molecule has 1 amide bonds. The van der Waals surface area contributed by atoms with Crippen LogP contribution < -0.4 is 4.90 Å². The number of anilines is 1. The van der Waals surface area contributed by atoms with Gasteiger partial charge in [0.05, 0.1) is 22.1 Å². The van der Waals surface area contributed by atoms with Crippen molar-refractivity contribution in [1.82, 2.24) is 0 Å². The Balaban J connectivity index is 2.04. The third-order valence-electron chi connectivity index (χ3n) is 2.88. The maximum Gasteiger partial charge on any atom is 0.299 e. The second-order valence-electron chi connectivity index (χ2n) is 4.06. The van der Waals surface area contributed by atoms with E-state index in [9.17, 15) is 14.0 Å². The van der Waals surface area contributed by atoms with Gasteiger partial charge in [-0.1, -0.05) is 17.7 Å². The number of carbonyl (C=O) groups is 2. The van der Waals surface area contributed by atoms with Crippen molar-refractivity contribution in [3.63, 3.8) is 0 Å². The highest BCUT2D eigenvalue weighted by molar-refractivity contribution is 7.16. The monoisotopic (exact) mass is 295 g/mol. The SMILES string of the molecule is O=C1C(=O)N(Cc2ccc(Cl)s2)c2c(F)cccc21. The molecule has 96 valence electrons. The zero-order chi connectivity index (χ0) is 13.6. The molecule has 1 aliphatic rings. The summed E-state index contributed by atoms with van der Waals surface area (Å²) in [4.78, 5) is 25.6. The number of carbonyl (C=O) groups excluding carboxylic acids is 2. The molecule has 0 N–H and O–H groups in total. The quantitative estimate of drug-likeness (QED) is 0.798. The topological polar surface area (TPSA) is 37.4 Å². The zero-order valence-corrected chi connectivity index (χ0v) is 11.1. The average Bonchev–Trinajstić information content (AvgIpc) is 2.89. The maximum absolute atomic E-state index is 13.8. The number of hydrogen-bond donors (Lipinski definition) is 0. The molecule has 0 fully saturated rings. The molecule has 0 unspecified atom stereocenters. The summed E-state index contributed by atoms with van der Waals surface area (Å²) in [6.07, 6.45) is 0. The first-order chi connectivity index (χ1) is 9.08. The number of thiophene rings is 1. The maximum atomic E-state index is 13.8. The number of Topliss-reactive ketones (excluding diaryl/α,β-unsaturated/α-hetero) is 1. The number of hydrogen-bond acceptors (Lipinski definition) is 3. The Morgan fingerprint density at radius 2 is 2.00 bits per heavy atom. The standard InChI is InChI=1S/C13H7ClFNO2S/c14-10-5-4-7(19-10)6-16-11-8(12(17)13(16)18)2-1-3-9(11)15/h1-5H,6H2. The highest BCUT2D eigenvalue weighted by atomic mass is 35.5. The first kappa shape index (κ1) is 12.3. The van der Waals surface area contributed by atoms with Crippen molar-refractivity contribution in [2.24, 2.45) is 0 Å². The van der Waals surface area contributed by atoms with Crippen molar-refractivity contribution in [1.29, 1.82) is 0 Å². The van der Waals surface area contributed by atoms with Gasteiger partial charge in [0.25, 0.3) is 11.7 Å². The molecular formula is C13H7ClFNO2S. The number of amides is 1. The van der Waals surface area contributed by atoms with Gasteiger partial charge in [-0.05, 0) is 24.3 Å². The van der Waals surface area contributed by atoms with E-state index in [1.165, 1.54) is 29.5 Å². The summed E-state index contributed by atoms with van der Waals surface area (Å²) < 4.78 is 14.4. The summed E-state index contributed by atoms with van der Waals surface area (Å²) in [6, 6.07) is 7.57. The van der Waals surface area contributed by atoms with Gasteiger partial charge in [-0.15, -0.1) is 11.3 Å². The Bertz CT molecular complexity index is 698. The molecule has 19 heavy (non-hydrogen) atoms. The van der Waals surface area contributed by atoms with E-state index in [0.29, 0.717) is 4.34 Å². The number of ketones is 1. The van der Waals surface area contributed by atoms with Crippen LogP contribution in [0.15, 0.2) is 30.3 Å². The number of benzene rings is 1. The lowest BCUT2D eigenvalue weighted by Crippen LogP contribution is -2.29. The molecule has 2 aromatic rings. The second-order valence-corrected chi connectivity index (χ2v) is 5.86. The van der Waals surface area contributed by atoms with Crippen molar-refractivity contribution in [3.05, 3.63) is 50.9 Å². The van der Waals surface area contributed by atoms with E-state index >= 15 is 0 Å². The van der Waals surface area contributed by atoms with Crippen molar-refractivity contribution < 1.29 is 14.0 Å². The Morgan fingerprint density at radius 3 is 2.68 bits per heavy atom. The fraction of sp³-hybridized carbons (Fsp3) is 0.0769. The van der Waals surface area contributed by atoms with E-state index in [1.807, 2.05) is 0 Å². The number of fused-ring (bicyclic) bond motifs is 1. The lowest BCUT2D eigenvalue weighted by molar-refractivity contribution is -0.114. The van der Waals surface area contributed by atoms with Crippen molar-refractivity contribution in [2.75, 3.05) is 4.90 Å². The molecule has 0 bridgehead atoms. The van der Waals surface area contributed by atoms with Gasteiger partial charge in [0.2, 0.25) is 0 Å². The van der Waals surface area contributed by atoms with E-state index in [4.69, 9.17) is 11.6 Å². The molecule has 0 radical (unpaired) electrons. The van der Waals surface area contributed by atoms with Gasteiger partial charge in [-0.2, -0.15) is 0 Å². The third kappa shape index (κ3) is 1.95. The van der Waals surface area contributed by atoms with Crippen LogP contribution in [0.1, 0.15) is 15.2 Å².